The predicted molar refractivity (Wildman–Crippen MR) is 122 cm³/mol. The average Bonchev–Trinajstić information content (AvgIpc) is 3.36. The minimum atomic E-state index is -0.730. The number of carbonyl (C=O) groups excluding carboxylic acids is 3. The number of fused-ring (bicyclic) bond motifs is 1. The third-order valence-electron chi connectivity index (χ3n) is 5.29. The number of benzene rings is 1. The van der Waals surface area contributed by atoms with E-state index in [0.717, 1.165) is 10.7 Å². The number of aromatic nitrogens is 3. The van der Waals surface area contributed by atoms with Crippen molar-refractivity contribution >= 4 is 40.9 Å². The summed E-state index contributed by atoms with van der Waals surface area (Å²) < 4.78 is 1.86. The summed E-state index contributed by atoms with van der Waals surface area (Å²) in [6, 6.07) is 12.9. The quantitative estimate of drug-likeness (QED) is 0.483. The summed E-state index contributed by atoms with van der Waals surface area (Å²) in [6.45, 7) is 0. The lowest BCUT2D eigenvalue weighted by molar-refractivity contribution is -0.122. The molecule has 4 amide bonds. The highest BCUT2D eigenvalue weighted by molar-refractivity contribution is 7.98. The molecule has 0 spiro atoms. The highest BCUT2D eigenvalue weighted by Gasteiger charge is 2.39. The molecular weight excluding hydrogens is 428 g/mol. The van der Waals surface area contributed by atoms with Crippen LogP contribution in [0.15, 0.2) is 54.7 Å². The van der Waals surface area contributed by atoms with E-state index in [9.17, 15) is 14.4 Å². The van der Waals surface area contributed by atoms with Gasteiger partial charge in [0.15, 0.2) is 11.5 Å². The molecule has 3 heterocycles. The fraction of sp³-hybridized carbons (Fsp3) is 0.318. The zero-order chi connectivity index (χ0) is 22.5. The van der Waals surface area contributed by atoms with Gasteiger partial charge in [0.1, 0.15) is 6.04 Å². The molecule has 9 nitrogen and oxygen atoms in total. The van der Waals surface area contributed by atoms with Crippen LogP contribution in [0.25, 0.3) is 5.65 Å². The number of nitrogens with one attached hydrogen (secondary N) is 2. The molecule has 1 aromatic carbocycles. The molecule has 0 unspecified atom stereocenters. The summed E-state index contributed by atoms with van der Waals surface area (Å²) in [7, 11) is 0. The Morgan fingerprint density at radius 3 is 2.72 bits per heavy atom. The third kappa shape index (κ3) is 4.59. The van der Waals surface area contributed by atoms with Gasteiger partial charge in [-0.2, -0.15) is 11.8 Å². The maximum Gasteiger partial charge on any atom is 0.329 e. The van der Waals surface area contributed by atoms with Gasteiger partial charge in [0.2, 0.25) is 5.91 Å². The Hall–Kier alpha value is -3.40. The number of hydrogen-bond donors (Lipinski definition) is 2. The molecule has 2 N–H and O–H groups in total. The van der Waals surface area contributed by atoms with E-state index in [1.54, 1.807) is 36.0 Å². The average molecular weight is 453 g/mol. The number of thioether (sulfide) groups is 1. The smallest absolute Gasteiger partial charge is 0.329 e. The van der Waals surface area contributed by atoms with Crippen molar-refractivity contribution in [3.8, 4) is 0 Å². The van der Waals surface area contributed by atoms with Crippen molar-refractivity contribution in [2.75, 3.05) is 16.9 Å². The van der Waals surface area contributed by atoms with Crippen LogP contribution in [0.5, 0.6) is 0 Å². The van der Waals surface area contributed by atoms with Crippen LogP contribution in [0.4, 0.5) is 10.5 Å². The summed E-state index contributed by atoms with van der Waals surface area (Å²) in [4.78, 5) is 38.9. The second-order valence-corrected chi connectivity index (χ2v) is 8.42. The first-order valence-corrected chi connectivity index (χ1v) is 11.8. The van der Waals surface area contributed by atoms with Crippen LogP contribution in [0.3, 0.4) is 0 Å². The minimum Gasteiger partial charge on any atom is -0.346 e. The number of para-hydroxylation sites is 1. The molecule has 1 saturated heterocycles. The number of nitrogens with zero attached hydrogens (tertiary/aromatic N) is 4. The number of rotatable bonds is 9. The van der Waals surface area contributed by atoms with E-state index >= 15 is 0 Å². The van der Waals surface area contributed by atoms with Gasteiger partial charge in [-0.15, -0.1) is 10.2 Å². The van der Waals surface area contributed by atoms with Crippen LogP contribution in [0.1, 0.15) is 31.1 Å². The standard InChI is InChI=1S/C22H24N6O3S/c1-32-14-12-16(20-26-25-18-9-5-6-13-27(18)20)23-19(29)11-10-17-21(30)28(22(31)24-17)15-7-3-2-4-8-15/h2-9,13,16-17H,10-12,14H2,1H3,(H,23,29)(H,24,31)/t16-,17+/m0/s1. The van der Waals surface area contributed by atoms with Gasteiger partial charge in [0.25, 0.3) is 5.91 Å². The Labute approximate surface area is 189 Å². The van der Waals surface area contributed by atoms with Crippen LogP contribution in [-0.4, -0.2) is 50.5 Å². The topological polar surface area (TPSA) is 109 Å². The molecule has 166 valence electrons. The second kappa shape index (κ2) is 9.82. The van der Waals surface area contributed by atoms with E-state index in [4.69, 9.17) is 0 Å². The summed E-state index contributed by atoms with van der Waals surface area (Å²) in [5.41, 5.74) is 1.23. The van der Waals surface area contributed by atoms with Crippen LogP contribution in [-0.2, 0) is 9.59 Å². The number of pyridine rings is 1. The van der Waals surface area contributed by atoms with E-state index < -0.39 is 12.1 Å². The molecule has 4 rings (SSSR count). The number of imide groups is 1. The highest BCUT2D eigenvalue weighted by atomic mass is 32.2. The summed E-state index contributed by atoms with van der Waals surface area (Å²) in [5.74, 6) is 0.958. The molecule has 0 saturated carbocycles. The Balaban J connectivity index is 1.39. The number of carbonyl (C=O) groups is 3. The van der Waals surface area contributed by atoms with Gasteiger partial charge in [-0.3, -0.25) is 14.0 Å². The Kier molecular flexibility index (Phi) is 6.69. The number of urea groups is 1. The van der Waals surface area contributed by atoms with Gasteiger partial charge >= 0.3 is 6.03 Å². The maximum atomic E-state index is 12.7. The Morgan fingerprint density at radius 2 is 1.94 bits per heavy atom. The predicted octanol–water partition coefficient (Wildman–Crippen LogP) is 2.54. The zero-order valence-corrected chi connectivity index (χ0v) is 18.4. The van der Waals surface area contributed by atoms with Gasteiger partial charge in [-0.05, 0) is 49.1 Å². The lowest BCUT2D eigenvalue weighted by Crippen LogP contribution is -2.34. The molecule has 32 heavy (non-hydrogen) atoms. The first kappa shape index (κ1) is 21.8. The molecule has 1 aliphatic heterocycles. The maximum absolute atomic E-state index is 12.7. The fourth-order valence-electron chi connectivity index (χ4n) is 3.69. The largest absolute Gasteiger partial charge is 0.346 e. The minimum absolute atomic E-state index is 0.103. The number of amides is 4. The molecule has 0 bridgehead atoms. The van der Waals surface area contributed by atoms with Gasteiger partial charge in [0, 0.05) is 12.6 Å². The van der Waals surface area contributed by atoms with Crippen molar-refractivity contribution in [1.29, 1.82) is 0 Å². The van der Waals surface area contributed by atoms with Crippen molar-refractivity contribution in [3.05, 3.63) is 60.6 Å². The van der Waals surface area contributed by atoms with E-state index in [-0.39, 0.29) is 30.7 Å². The Morgan fingerprint density at radius 1 is 1.16 bits per heavy atom. The molecular formula is C22H24N6O3S. The molecule has 10 heteroatoms. The van der Waals surface area contributed by atoms with Gasteiger partial charge < -0.3 is 10.6 Å². The second-order valence-electron chi connectivity index (χ2n) is 7.44. The first-order chi connectivity index (χ1) is 15.6. The van der Waals surface area contributed by atoms with Gasteiger partial charge in [-0.25, -0.2) is 9.69 Å². The van der Waals surface area contributed by atoms with E-state index in [1.807, 2.05) is 41.1 Å². The lowest BCUT2D eigenvalue weighted by Gasteiger charge is -2.17. The van der Waals surface area contributed by atoms with Crippen molar-refractivity contribution in [2.24, 2.45) is 0 Å². The zero-order valence-electron chi connectivity index (χ0n) is 17.6. The fourth-order valence-corrected chi connectivity index (χ4v) is 4.16. The Bertz CT molecular complexity index is 1120. The number of anilines is 1. The number of hydrogen-bond acceptors (Lipinski definition) is 6. The third-order valence-corrected chi connectivity index (χ3v) is 5.94. The first-order valence-electron chi connectivity index (χ1n) is 10.4. The summed E-state index contributed by atoms with van der Waals surface area (Å²) in [6.07, 6.45) is 4.90. The molecule has 0 aliphatic carbocycles. The molecule has 1 aliphatic rings. The molecule has 2 atom stereocenters. The van der Waals surface area contributed by atoms with Crippen molar-refractivity contribution < 1.29 is 14.4 Å². The van der Waals surface area contributed by atoms with Crippen molar-refractivity contribution in [2.45, 2.75) is 31.3 Å². The van der Waals surface area contributed by atoms with Crippen molar-refractivity contribution in [1.82, 2.24) is 25.2 Å². The molecule has 1 fully saturated rings. The summed E-state index contributed by atoms with van der Waals surface area (Å²) in [5, 5.41) is 14.2. The van der Waals surface area contributed by atoms with Crippen LogP contribution < -0.4 is 15.5 Å². The lowest BCUT2D eigenvalue weighted by atomic mass is 10.1. The van der Waals surface area contributed by atoms with E-state index in [2.05, 4.69) is 20.8 Å². The van der Waals surface area contributed by atoms with Crippen LogP contribution in [0, 0.1) is 0 Å². The molecule has 3 aromatic rings. The monoisotopic (exact) mass is 452 g/mol. The van der Waals surface area contributed by atoms with Gasteiger partial charge in [-0.1, -0.05) is 24.3 Å². The molecule has 0 radical (unpaired) electrons. The highest BCUT2D eigenvalue weighted by Crippen LogP contribution is 2.22. The van der Waals surface area contributed by atoms with E-state index in [1.165, 1.54) is 0 Å². The SMILES string of the molecule is CSCC[C@H](NC(=O)CC[C@H]1NC(=O)N(c2ccccc2)C1=O)c1nnc2ccccn12. The molecule has 2 aromatic heterocycles. The van der Waals surface area contributed by atoms with Crippen LogP contribution >= 0.6 is 11.8 Å². The van der Waals surface area contributed by atoms with Gasteiger partial charge in [0.05, 0.1) is 11.7 Å². The van der Waals surface area contributed by atoms with Crippen LogP contribution in [0.2, 0.25) is 0 Å². The van der Waals surface area contributed by atoms with Crippen molar-refractivity contribution in [3.63, 3.8) is 0 Å². The normalized spacial score (nSPS) is 16.9. The van der Waals surface area contributed by atoms with E-state index in [0.29, 0.717) is 23.6 Å². The summed E-state index contributed by atoms with van der Waals surface area (Å²) >= 11 is 1.69.